The van der Waals surface area contributed by atoms with Gasteiger partial charge >= 0.3 is 0 Å². The Morgan fingerprint density at radius 2 is 1.83 bits per heavy atom. The van der Waals surface area contributed by atoms with E-state index in [9.17, 15) is 0 Å². The topological polar surface area (TPSA) is 33.0 Å². The molecule has 2 rings (SSSR count). The molecule has 0 aliphatic carbocycles. The standard InChI is InChI=1S/C16H15NO/c1-12-7-8-14(9-13(12)2)11-18-16-6-4-3-5-15(16)10-17/h3-9H,11H2,1-2H3. The second-order valence-corrected chi connectivity index (χ2v) is 4.32. The summed E-state index contributed by atoms with van der Waals surface area (Å²) in [5, 5.41) is 8.97. The van der Waals surface area contributed by atoms with E-state index in [2.05, 4.69) is 38.1 Å². The molecule has 0 aliphatic heterocycles. The van der Waals surface area contributed by atoms with Crippen LogP contribution in [0.3, 0.4) is 0 Å². The Bertz CT molecular complexity index is 596. The molecule has 0 fully saturated rings. The van der Waals surface area contributed by atoms with Crippen molar-refractivity contribution in [2.24, 2.45) is 0 Å². The van der Waals surface area contributed by atoms with Crippen LogP contribution in [0, 0.1) is 25.2 Å². The number of hydrogen-bond acceptors (Lipinski definition) is 2. The van der Waals surface area contributed by atoms with Crippen LogP contribution < -0.4 is 4.74 Å². The molecule has 18 heavy (non-hydrogen) atoms. The van der Waals surface area contributed by atoms with Gasteiger partial charge in [0.1, 0.15) is 18.4 Å². The van der Waals surface area contributed by atoms with Gasteiger partial charge in [-0.1, -0.05) is 30.3 Å². The van der Waals surface area contributed by atoms with Crippen molar-refractivity contribution in [3.8, 4) is 11.8 Å². The first kappa shape index (κ1) is 12.2. The van der Waals surface area contributed by atoms with Crippen molar-refractivity contribution >= 4 is 0 Å². The van der Waals surface area contributed by atoms with E-state index in [1.807, 2.05) is 18.2 Å². The number of nitrogens with zero attached hydrogens (tertiary/aromatic N) is 1. The Hall–Kier alpha value is -2.27. The highest BCUT2D eigenvalue weighted by Crippen LogP contribution is 2.19. The number of hydrogen-bond donors (Lipinski definition) is 0. The summed E-state index contributed by atoms with van der Waals surface area (Å²) >= 11 is 0. The summed E-state index contributed by atoms with van der Waals surface area (Å²) in [6, 6.07) is 15.7. The molecule has 2 aromatic rings. The van der Waals surface area contributed by atoms with Crippen LogP contribution in [-0.4, -0.2) is 0 Å². The van der Waals surface area contributed by atoms with E-state index in [4.69, 9.17) is 10.00 Å². The average molecular weight is 237 g/mol. The minimum Gasteiger partial charge on any atom is -0.488 e. The summed E-state index contributed by atoms with van der Waals surface area (Å²) in [5.41, 5.74) is 4.22. The Morgan fingerprint density at radius 3 is 2.56 bits per heavy atom. The number of aryl methyl sites for hydroxylation is 2. The van der Waals surface area contributed by atoms with Crippen LogP contribution in [0.4, 0.5) is 0 Å². The van der Waals surface area contributed by atoms with Gasteiger partial charge in [0.2, 0.25) is 0 Å². The van der Waals surface area contributed by atoms with Crippen molar-refractivity contribution < 1.29 is 4.74 Å². The third kappa shape index (κ3) is 2.70. The first-order valence-corrected chi connectivity index (χ1v) is 5.89. The maximum atomic E-state index is 8.97. The van der Waals surface area contributed by atoms with Crippen LogP contribution in [0.15, 0.2) is 42.5 Å². The maximum Gasteiger partial charge on any atom is 0.137 e. The second-order valence-electron chi connectivity index (χ2n) is 4.32. The van der Waals surface area contributed by atoms with Crippen molar-refractivity contribution in [3.05, 3.63) is 64.7 Å². The van der Waals surface area contributed by atoms with Gasteiger partial charge in [-0.05, 0) is 42.7 Å². The summed E-state index contributed by atoms with van der Waals surface area (Å²) in [4.78, 5) is 0. The molecule has 0 aliphatic rings. The Balaban J connectivity index is 2.12. The summed E-state index contributed by atoms with van der Waals surface area (Å²) < 4.78 is 5.69. The zero-order valence-electron chi connectivity index (χ0n) is 10.6. The van der Waals surface area contributed by atoms with Gasteiger partial charge in [-0.3, -0.25) is 0 Å². The van der Waals surface area contributed by atoms with E-state index in [1.165, 1.54) is 11.1 Å². The minimum absolute atomic E-state index is 0.486. The van der Waals surface area contributed by atoms with Gasteiger partial charge in [-0.15, -0.1) is 0 Å². The van der Waals surface area contributed by atoms with E-state index >= 15 is 0 Å². The molecule has 0 amide bonds. The second kappa shape index (κ2) is 5.37. The lowest BCUT2D eigenvalue weighted by Crippen LogP contribution is -1.98. The third-order valence-corrected chi connectivity index (χ3v) is 2.97. The highest BCUT2D eigenvalue weighted by atomic mass is 16.5. The van der Waals surface area contributed by atoms with Crippen LogP contribution in [0.25, 0.3) is 0 Å². The number of para-hydroxylation sites is 1. The van der Waals surface area contributed by atoms with Gasteiger partial charge in [0.15, 0.2) is 0 Å². The van der Waals surface area contributed by atoms with E-state index in [1.54, 1.807) is 6.07 Å². The predicted octanol–water partition coefficient (Wildman–Crippen LogP) is 3.75. The van der Waals surface area contributed by atoms with Gasteiger partial charge in [0.25, 0.3) is 0 Å². The summed E-state index contributed by atoms with van der Waals surface area (Å²) in [7, 11) is 0. The molecule has 0 saturated heterocycles. The number of rotatable bonds is 3. The molecule has 0 N–H and O–H groups in total. The Morgan fingerprint density at radius 1 is 1.06 bits per heavy atom. The van der Waals surface area contributed by atoms with Gasteiger partial charge in [-0.25, -0.2) is 0 Å². The number of nitriles is 1. The van der Waals surface area contributed by atoms with Crippen molar-refractivity contribution in [1.82, 2.24) is 0 Å². The summed E-state index contributed by atoms with van der Waals surface area (Å²) in [6.07, 6.45) is 0. The molecule has 0 heterocycles. The fourth-order valence-corrected chi connectivity index (χ4v) is 1.74. The van der Waals surface area contributed by atoms with Crippen molar-refractivity contribution in [1.29, 1.82) is 5.26 Å². The van der Waals surface area contributed by atoms with Crippen molar-refractivity contribution in [2.45, 2.75) is 20.5 Å². The molecule has 0 spiro atoms. The van der Waals surface area contributed by atoms with E-state index in [0.717, 1.165) is 5.56 Å². The zero-order valence-corrected chi connectivity index (χ0v) is 10.6. The van der Waals surface area contributed by atoms with Crippen LogP contribution in [0.5, 0.6) is 5.75 Å². The highest BCUT2D eigenvalue weighted by Gasteiger charge is 2.02. The van der Waals surface area contributed by atoms with Gasteiger partial charge in [0, 0.05) is 0 Å². The average Bonchev–Trinajstić information content (AvgIpc) is 2.40. The van der Waals surface area contributed by atoms with Crippen LogP contribution in [-0.2, 0) is 6.61 Å². The van der Waals surface area contributed by atoms with Crippen LogP contribution >= 0.6 is 0 Å². The lowest BCUT2D eigenvalue weighted by atomic mass is 10.1. The zero-order chi connectivity index (χ0) is 13.0. The first-order valence-electron chi connectivity index (χ1n) is 5.89. The fourth-order valence-electron chi connectivity index (χ4n) is 1.74. The van der Waals surface area contributed by atoms with Crippen molar-refractivity contribution in [2.75, 3.05) is 0 Å². The Labute approximate surface area is 107 Å². The highest BCUT2D eigenvalue weighted by molar-refractivity contribution is 5.42. The van der Waals surface area contributed by atoms with Gasteiger partial charge in [-0.2, -0.15) is 5.26 Å². The molecule has 0 bridgehead atoms. The number of ether oxygens (including phenoxy) is 1. The van der Waals surface area contributed by atoms with Gasteiger partial charge in [0.05, 0.1) is 5.56 Å². The SMILES string of the molecule is Cc1ccc(COc2ccccc2C#N)cc1C. The summed E-state index contributed by atoms with van der Waals surface area (Å²) in [6.45, 7) is 4.66. The van der Waals surface area contributed by atoms with Crippen LogP contribution in [0.1, 0.15) is 22.3 Å². The summed E-state index contributed by atoms with van der Waals surface area (Å²) in [5.74, 6) is 0.637. The lowest BCUT2D eigenvalue weighted by Gasteiger charge is -2.09. The molecular formula is C16H15NO. The predicted molar refractivity (Wildman–Crippen MR) is 71.4 cm³/mol. The lowest BCUT2D eigenvalue weighted by molar-refractivity contribution is 0.305. The largest absolute Gasteiger partial charge is 0.488 e. The smallest absolute Gasteiger partial charge is 0.137 e. The van der Waals surface area contributed by atoms with E-state index in [0.29, 0.717) is 17.9 Å². The number of benzene rings is 2. The molecule has 0 saturated carbocycles. The Kier molecular flexibility index (Phi) is 3.64. The molecular weight excluding hydrogens is 222 g/mol. The maximum absolute atomic E-state index is 8.97. The van der Waals surface area contributed by atoms with Gasteiger partial charge < -0.3 is 4.74 Å². The first-order chi connectivity index (χ1) is 8.70. The van der Waals surface area contributed by atoms with E-state index < -0.39 is 0 Å². The molecule has 0 atom stereocenters. The monoisotopic (exact) mass is 237 g/mol. The molecule has 0 radical (unpaired) electrons. The quantitative estimate of drug-likeness (QED) is 0.814. The van der Waals surface area contributed by atoms with Crippen LogP contribution in [0.2, 0.25) is 0 Å². The normalized spacial score (nSPS) is 9.83. The van der Waals surface area contributed by atoms with E-state index in [-0.39, 0.29) is 0 Å². The fraction of sp³-hybridized carbons (Fsp3) is 0.188. The third-order valence-electron chi connectivity index (χ3n) is 2.97. The minimum atomic E-state index is 0.486. The molecule has 0 unspecified atom stereocenters. The molecule has 2 aromatic carbocycles. The van der Waals surface area contributed by atoms with Crippen molar-refractivity contribution in [3.63, 3.8) is 0 Å². The molecule has 0 aromatic heterocycles. The molecule has 2 nitrogen and oxygen atoms in total. The molecule has 90 valence electrons. The molecule has 2 heteroatoms.